The lowest BCUT2D eigenvalue weighted by molar-refractivity contribution is 0.202. The van der Waals surface area contributed by atoms with Crippen LogP contribution in [0.2, 0.25) is 0 Å². The summed E-state index contributed by atoms with van der Waals surface area (Å²) in [7, 11) is 3.69. The van der Waals surface area contributed by atoms with Gasteiger partial charge < -0.3 is 15.2 Å². The van der Waals surface area contributed by atoms with E-state index >= 15 is 0 Å². The number of benzene rings is 1. The van der Waals surface area contributed by atoms with Crippen LogP contribution in [-0.2, 0) is 0 Å². The van der Waals surface area contributed by atoms with Crippen molar-refractivity contribution in [2.45, 2.75) is 19.4 Å². The van der Waals surface area contributed by atoms with Gasteiger partial charge in [0, 0.05) is 19.0 Å². The molecule has 5 heteroatoms. The Morgan fingerprint density at radius 3 is 2.42 bits per heavy atom. The predicted octanol–water partition coefficient (Wildman–Crippen LogP) is 2.07. The number of nitrogens with two attached hydrogens (primary N) is 1. The molecule has 0 radical (unpaired) electrons. The molecule has 1 atom stereocenters. The van der Waals surface area contributed by atoms with Crippen molar-refractivity contribution in [2.75, 3.05) is 27.3 Å². The van der Waals surface area contributed by atoms with Crippen molar-refractivity contribution >= 4 is 17.2 Å². The van der Waals surface area contributed by atoms with Crippen LogP contribution in [0.4, 0.5) is 0 Å². The number of likely N-dealkylation sites (N-methyl/N-ethyl adjacent to an activating group) is 1. The third kappa shape index (κ3) is 5.89. The van der Waals surface area contributed by atoms with Gasteiger partial charge in [0.2, 0.25) is 0 Å². The summed E-state index contributed by atoms with van der Waals surface area (Å²) in [4.78, 5) is 2.73. The molecule has 0 aliphatic rings. The van der Waals surface area contributed by atoms with Crippen LogP contribution in [0.1, 0.15) is 13.3 Å². The molecule has 1 aromatic carbocycles. The highest BCUT2D eigenvalue weighted by molar-refractivity contribution is 7.80. The Labute approximate surface area is 120 Å². The third-order valence-corrected chi connectivity index (χ3v) is 3.19. The van der Waals surface area contributed by atoms with E-state index in [0.29, 0.717) is 17.6 Å². The van der Waals surface area contributed by atoms with E-state index in [2.05, 4.69) is 11.8 Å². The molecule has 1 aromatic rings. The molecule has 4 nitrogen and oxygen atoms in total. The van der Waals surface area contributed by atoms with E-state index in [0.717, 1.165) is 24.5 Å². The molecular weight excluding hydrogens is 260 g/mol. The summed E-state index contributed by atoms with van der Waals surface area (Å²) in [5, 5.41) is 0. The Balaban J connectivity index is 2.30. The smallest absolute Gasteiger partial charge is 0.119 e. The van der Waals surface area contributed by atoms with Crippen molar-refractivity contribution in [3.63, 3.8) is 0 Å². The molecule has 0 amide bonds. The molecular formula is C14H22N2O2S. The quantitative estimate of drug-likeness (QED) is 0.740. The molecule has 0 aliphatic carbocycles. The monoisotopic (exact) mass is 282 g/mol. The van der Waals surface area contributed by atoms with Gasteiger partial charge in [-0.25, -0.2) is 0 Å². The summed E-state index contributed by atoms with van der Waals surface area (Å²) in [5.74, 6) is 1.67. The summed E-state index contributed by atoms with van der Waals surface area (Å²) < 4.78 is 10.8. The van der Waals surface area contributed by atoms with Gasteiger partial charge in [0.05, 0.1) is 12.1 Å². The topological polar surface area (TPSA) is 47.7 Å². The minimum Gasteiger partial charge on any atom is -0.497 e. The maximum absolute atomic E-state index is 5.67. The summed E-state index contributed by atoms with van der Waals surface area (Å²) in [5.41, 5.74) is 5.54. The van der Waals surface area contributed by atoms with E-state index in [4.69, 9.17) is 27.4 Å². The van der Waals surface area contributed by atoms with Gasteiger partial charge in [0.1, 0.15) is 18.1 Å². The second kappa shape index (κ2) is 7.96. The van der Waals surface area contributed by atoms with E-state index in [1.54, 1.807) is 7.11 Å². The van der Waals surface area contributed by atoms with E-state index < -0.39 is 0 Å². The first-order valence-electron chi connectivity index (χ1n) is 6.28. The lowest BCUT2D eigenvalue weighted by Crippen LogP contribution is -2.35. The SMILES string of the molecule is COc1ccc(OCCN(C)C(C)CC(N)=S)cc1. The van der Waals surface area contributed by atoms with Gasteiger partial charge in [-0.15, -0.1) is 0 Å². The molecule has 0 bridgehead atoms. The van der Waals surface area contributed by atoms with E-state index in [-0.39, 0.29) is 0 Å². The van der Waals surface area contributed by atoms with Crippen LogP contribution in [0.25, 0.3) is 0 Å². The van der Waals surface area contributed by atoms with Crippen molar-refractivity contribution < 1.29 is 9.47 Å². The van der Waals surface area contributed by atoms with E-state index in [9.17, 15) is 0 Å². The fraction of sp³-hybridized carbons (Fsp3) is 0.500. The van der Waals surface area contributed by atoms with Gasteiger partial charge in [-0.05, 0) is 38.2 Å². The highest BCUT2D eigenvalue weighted by Gasteiger charge is 2.09. The lowest BCUT2D eigenvalue weighted by Gasteiger charge is -2.24. The minimum atomic E-state index is 0.331. The number of thiocarbonyl (C=S) groups is 1. The molecule has 1 rings (SSSR count). The molecule has 1 unspecified atom stereocenters. The van der Waals surface area contributed by atoms with Crippen LogP contribution in [0, 0.1) is 0 Å². The van der Waals surface area contributed by atoms with Gasteiger partial charge in [0.25, 0.3) is 0 Å². The number of ether oxygens (including phenoxy) is 2. The van der Waals surface area contributed by atoms with E-state index in [1.807, 2.05) is 31.3 Å². The molecule has 0 heterocycles. The number of methoxy groups -OCH3 is 1. The average Bonchev–Trinajstić information content (AvgIpc) is 2.38. The minimum absolute atomic E-state index is 0.331. The first-order valence-corrected chi connectivity index (χ1v) is 6.69. The zero-order chi connectivity index (χ0) is 14.3. The Bertz CT molecular complexity index is 395. The van der Waals surface area contributed by atoms with Crippen molar-refractivity contribution in [1.29, 1.82) is 0 Å². The van der Waals surface area contributed by atoms with Gasteiger partial charge in [-0.3, -0.25) is 4.90 Å². The maximum atomic E-state index is 5.67. The molecule has 0 aliphatic heterocycles. The fourth-order valence-corrected chi connectivity index (χ4v) is 1.89. The largest absolute Gasteiger partial charge is 0.497 e. The van der Waals surface area contributed by atoms with Gasteiger partial charge >= 0.3 is 0 Å². The van der Waals surface area contributed by atoms with Crippen molar-refractivity contribution in [2.24, 2.45) is 5.73 Å². The van der Waals surface area contributed by atoms with Gasteiger partial charge in [-0.1, -0.05) is 12.2 Å². The molecule has 0 spiro atoms. The third-order valence-electron chi connectivity index (χ3n) is 3.02. The standard InChI is InChI=1S/C14H22N2O2S/c1-11(10-14(15)19)16(2)8-9-18-13-6-4-12(17-3)5-7-13/h4-7,11H,8-10H2,1-3H3,(H2,15,19). The maximum Gasteiger partial charge on any atom is 0.119 e. The van der Waals surface area contributed by atoms with Crippen molar-refractivity contribution in [1.82, 2.24) is 4.90 Å². The first kappa shape index (κ1) is 15.7. The van der Waals surface area contributed by atoms with Crippen molar-refractivity contribution in [3.05, 3.63) is 24.3 Å². The first-order chi connectivity index (χ1) is 9.02. The summed E-state index contributed by atoms with van der Waals surface area (Å²) in [6, 6.07) is 7.90. The molecule has 0 fully saturated rings. The Kier molecular flexibility index (Phi) is 6.59. The van der Waals surface area contributed by atoms with Crippen LogP contribution in [0.5, 0.6) is 11.5 Å². The molecule has 0 saturated carbocycles. The molecule has 106 valence electrons. The van der Waals surface area contributed by atoms with Crippen LogP contribution < -0.4 is 15.2 Å². The Morgan fingerprint density at radius 2 is 1.89 bits per heavy atom. The Hall–Kier alpha value is -1.33. The van der Waals surface area contributed by atoms with E-state index in [1.165, 1.54) is 0 Å². The zero-order valence-corrected chi connectivity index (χ0v) is 12.6. The molecule has 0 aromatic heterocycles. The van der Waals surface area contributed by atoms with Crippen LogP contribution >= 0.6 is 12.2 Å². The summed E-state index contributed by atoms with van der Waals surface area (Å²) in [6.07, 6.45) is 0.731. The second-order valence-corrected chi connectivity index (χ2v) is 5.05. The van der Waals surface area contributed by atoms with Crippen LogP contribution in [0.3, 0.4) is 0 Å². The van der Waals surface area contributed by atoms with Gasteiger partial charge in [0.15, 0.2) is 0 Å². The van der Waals surface area contributed by atoms with Crippen LogP contribution in [0.15, 0.2) is 24.3 Å². The molecule has 19 heavy (non-hydrogen) atoms. The average molecular weight is 282 g/mol. The fourth-order valence-electron chi connectivity index (χ4n) is 1.65. The molecule has 0 saturated heterocycles. The Morgan fingerprint density at radius 1 is 1.32 bits per heavy atom. The van der Waals surface area contributed by atoms with Crippen molar-refractivity contribution in [3.8, 4) is 11.5 Å². The highest BCUT2D eigenvalue weighted by atomic mass is 32.1. The number of hydrogen-bond acceptors (Lipinski definition) is 4. The number of hydrogen-bond donors (Lipinski definition) is 1. The highest BCUT2D eigenvalue weighted by Crippen LogP contribution is 2.16. The number of nitrogens with zero attached hydrogens (tertiary/aromatic N) is 1. The molecule has 2 N–H and O–H groups in total. The summed E-state index contributed by atoms with van der Waals surface area (Å²) >= 11 is 4.91. The van der Waals surface area contributed by atoms with Gasteiger partial charge in [-0.2, -0.15) is 0 Å². The van der Waals surface area contributed by atoms with Crippen LogP contribution in [-0.4, -0.2) is 43.2 Å². The lowest BCUT2D eigenvalue weighted by atomic mass is 10.2. The second-order valence-electron chi connectivity index (χ2n) is 4.52. The normalized spacial score (nSPS) is 12.2. The zero-order valence-electron chi connectivity index (χ0n) is 11.8. The summed E-state index contributed by atoms with van der Waals surface area (Å²) in [6.45, 7) is 3.56. The predicted molar refractivity (Wildman–Crippen MR) is 82.0 cm³/mol. The number of rotatable bonds is 8.